The number of nitrogens with zero attached hydrogens (tertiary/aromatic N) is 4. The van der Waals surface area contributed by atoms with Crippen LogP contribution in [0.2, 0.25) is 0 Å². The molecule has 2 aromatic carbocycles. The molecule has 0 radical (unpaired) electrons. The first-order valence-electron chi connectivity index (χ1n) is 10.4. The predicted molar refractivity (Wildman–Crippen MR) is 131 cm³/mol. The molecule has 2 aromatic heterocycles. The zero-order valence-corrected chi connectivity index (χ0v) is 18.4. The van der Waals surface area contributed by atoms with Gasteiger partial charge in [0, 0.05) is 47.7 Å². The molecule has 0 spiro atoms. The highest BCUT2D eigenvalue weighted by Gasteiger charge is 2.16. The van der Waals surface area contributed by atoms with Gasteiger partial charge < -0.3 is 26.5 Å². The van der Waals surface area contributed by atoms with Gasteiger partial charge in [-0.1, -0.05) is 6.07 Å². The minimum absolute atomic E-state index is 0.160. The van der Waals surface area contributed by atoms with Crippen molar-refractivity contribution in [3.63, 3.8) is 0 Å². The Bertz CT molecular complexity index is 1420. The summed E-state index contributed by atoms with van der Waals surface area (Å²) >= 11 is 0. The molecule has 3 heterocycles. The van der Waals surface area contributed by atoms with Crippen LogP contribution >= 0.6 is 0 Å². The van der Waals surface area contributed by atoms with Crippen LogP contribution in [0, 0.1) is 0 Å². The second-order valence-electron chi connectivity index (χ2n) is 7.69. The third-order valence-corrected chi connectivity index (χ3v) is 5.12. The molecule has 172 valence electrons. The molecule has 6 N–H and O–H groups in total. The van der Waals surface area contributed by atoms with E-state index in [0.29, 0.717) is 12.4 Å². The van der Waals surface area contributed by atoms with Gasteiger partial charge in [-0.3, -0.25) is 14.6 Å². The van der Waals surface area contributed by atoms with Gasteiger partial charge in [0.2, 0.25) is 11.9 Å². The van der Waals surface area contributed by atoms with Crippen LogP contribution in [0.4, 0.5) is 17.5 Å². The van der Waals surface area contributed by atoms with Crippen LogP contribution in [0.5, 0.6) is 0 Å². The number of rotatable bonds is 5. The Morgan fingerprint density at radius 2 is 1.97 bits per heavy atom. The maximum Gasteiger partial charge on any atom is 0.300 e. The summed E-state index contributed by atoms with van der Waals surface area (Å²) in [5.41, 5.74) is 17.3. The SMILES string of the molecule is CC(=O)O.NC(=O)Cn1ccc2cc(-c3cc(Nc4ccnc(N)n4)cc4c3CN=C4)ccc21. The average Bonchev–Trinajstić information content (AvgIpc) is 3.39. The van der Waals surface area contributed by atoms with Crippen molar-refractivity contribution >= 4 is 46.4 Å². The number of hydrogen-bond acceptors (Lipinski definition) is 7. The molecule has 0 aliphatic carbocycles. The van der Waals surface area contributed by atoms with Crippen LogP contribution in [0.3, 0.4) is 0 Å². The molecule has 0 saturated carbocycles. The fraction of sp³-hybridized carbons (Fsp3) is 0.125. The molecule has 0 unspecified atom stereocenters. The highest BCUT2D eigenvalue weighted by molar-refractivity contribution is 5.94. The van der Waals surface area contributed by atoms with Gasteiger partial charge in [-0.2, -0.15) is 4.98 Å². The molecule has 0 saturated heterocycles. The van der Waals surface area contributed by atoms with Gasteiger partial charge in [0.05, 0.1) is 6.54 Å². The van der Waals surface area contributed by atoms with Crippen LogP contribution in [-0.2, 0) is 22.7 Å². The topological polar surface area (TPSA) is 162 Å². The van der Waals surface area contributed by atoms with Crippen molar-refractivity contribution in [1.29, 1.82) is 0 Å². The highest BCUT2D eigenvalue weighted by Crippen LogP contribution is 2.35. The molecular weight excluding hydrogens is 434 g/mol. The van der Waals surface area contributed by atoms with E-state index >= 15 is 0 Å². The van der Waals surface area contributed by atoms with Crippen molar-refractivity contribution in [2.75, 3.05) is 11.1 Å². The summed E-state index contributed by atoms with van der Waals surface area (Å²) in [5.74, 6) is -0.355. The largest absolute Gasteiger partial charge is 0.481 e. The highest BCUT2D eigenvalue weighted by atomic mass is 16.4. The summed E-state index contributed by atoms with van der Waals surface area (Å²) in [5, 5.41) is 11.8. The zero-order valence-electron chi connectivity index (χ0n) is 18.4. The van der Waals surface area contributed by atoms with Gasteiger partial charge >= 0.3 is 0 Å². The number of benzene rings is 2. The number of anilines is 3. The molecule has 1 aliphatic heterocycles. The Morgan fingerprint density at radius 1 is 1.18 bits per heavy atom. The molecule has 1 amide bonds. The second kappa shape index (κ2) is 9.41. The molecular formula is C24H23N7O3. The van der Waals surface area contributed by atoms with Crippen molar-refractivity contribution < 1.29 is 14.7 Å². The van der Waals surface area contributed by atoms with E-state index in [9.17, 15) is 4.79 Å². The Hall–Kier alpha value is -4.73. The monoisotopic (exact) mass is 457 g/mol. The van der Waals surface area contributed by atoms with Crippen LogP contribution < -0.4 is 16.8 Å². The smallest absolute Gasteiger partial charge is 0.300 e. The van der Waals surface area contributed by atoms with Crippen molar-refractivity contribution in [3.8, 4) is 11.1 Å². The van der Waals surface area contributed by atoms with Crippen LogP contribution in [0.1, 0.15) is 18.1 Å². The first kappa shape index (κ1) is 22.5. The molecule has 10 nitrogen and oxygen atoms in total. The molecule has 0 atom stereocenters. The summed E-state index contributed by atoms with van der Waals surface area (Å²) in [6.07, 6.45) is 5.38. The number of aromatic nitrogens is 3. The summed E-state index contributed by atoms with van der Waals surface area (Å²) in [6, 6.07) is 14.1. The quantitative estimate of drug-likeness (QED) is 0.358. The number of nitrogen functional groups attached to an aromatic ring is 1. The first-order chi connectivity index (χ1) is 16.3. The lowest BCUT2D eigenvalue weighted by Crippen LogP contribution is -2.17. The molecule has 0 fully saturated rings. The van der Waals surface area contributed by atoms with E-state index in [4.69, 9.17) is 21.4 Å². The first-order valence-corrected chi connectivity index (χ1v) is 10.4. The number of aliphatic imine (C=N–C) groups is 1. The number of hydrogen-bond donors (Lipinski definition) is 4. The second-order valence-corrected chi connectivity index (χ2v) is 7.69. The summed E-state index contributed by atoms with van der Waals surface area (Å²) in [7, 11) is 0. The number of nitrogens with two attached hydrogens (primary N) is 2. The number of nitrogens with one attached hydrogen (secondary N) is 1. The minimum atomic E-state index is -0.833. The van der Waals surface area contributed by atoms with Gasteiger partial charge in [-0.25, -0.2) is 4.98 Å². The van der Waals surface area contributed by atoms with E-state index in [1.165, 1.54) is 5.56 Å². The number of fused-ring (bicyclic) bond motifs is 2. The molecule has 4 aromatic rings. The number of carbonyl (C=O) groups is 2. The van der Waals surface area contributed by atoms with Gasteiger partial charge in [-0.15, -0.1) is 0 Å². The number of carboxylic acids is 1. The normalized spacial score (nSPS) is 11.6. The molecule has 34 heavy (non-hydrogen) atoms. The van der Waals surface area contributed by atoms with Gasteiger partial charge in [-0.05, 0) is 53.1 Å². The number of primary amides is 1. The van der Waals surface area contributed by atoms with E-state index in [-0.39, 0.29) is 18.4 Å². The van der Waals surface area contributed by atoms with Crippen molar-refractivity contribution in [1.82, 2.24) is 14.5 Å². The van der Waals surface area contributed by atoms with Crippen LogP contribution in [0.25, 0.3) is 22.0 Å². The Kier molecular flexibility index (Phi) is 6.22. The van der Waals surface area contributed by atoms with Gasteiger partial charge in [0.25, 0.3) is 5.97 Å². The van der Waals surface area contributed by atoms with Crippen molar-refractivity contribution in [2.45, 2.75) is 20.0 Å². The summed E-state index contributed by atoms with van der Waals surface area (Å²) in [4.78, 5) is 32.9. The number of amides is 1. The number of carboxylic acid groups (broad SMARTS) is 1. The Balaban J connectivity index is 0.000000636. The van der Waals surface area contributed by atoms with E-state index < -0.39 is 5.97 Å². The van der Waals surface area contributed by atoms with E-state index in [1.807, 2.05) is 29.1 Å². The summed E-state index contributed by atoms with van der Waals surface area (Å²) in [6.45, 7) is 1.89. The lowest BCUT2D eigenvalue weighted by molar-refractivity contribution is -0.134. The molecule has 1 aliphatic rings. The Morgan fingerprint density at radius 3 is 2.71 bits per heavy atom. The van der Waals surface area contributed by atoms with E-state index in [0.717, 1.165) is 40.2 Å². The minimum Gasteiger partial charge on any atom is -0.481 e. The Labute approximate surface area is 195 Å². The lowest BCUT2D eigenvalue weighted by atomic mass is 9.95. The number of aliphatic carboxylic acids is 1. The summed E-state index contributed by atoms with van der Waals surface area (Å²) < 4.78 is 1.85. The fourth-order valence-electron chi connectivity index (χ4n) is 3.82. The molecule has 5 rings (SSSR count). The third kappa shape index (κ3) is 5.01. The average molecular weight is 457 g/mol. The van der Waals surface area contributed by atoms with Gasteiger partial charge in [0.15, 0.2) is 0 Å². The predicted octanol–water partition coefficient (Wildman–Crippen LogP) is 2.93. The van der Waals surface area contributed by atoms with Crippen LogP contribution in [-0.4, -0.2) is 37.7 Å². The van der Waals surface area contributed by atoms with Gasteiger partial charge in [0.1, 0.15) is 12.4 Å². The van der Waals surface area contributed by atoms with E-state index in [1.54, 1.807) is 12.3 Å². The standard InChI is InChI=1S/C22H19N7O.C2H4O2/c23-20(30)12-29-6-4-14-7-13(1-2-19(14)29)17-9-16(8-15-10-25-11-18(15)17)27-21-3-5-26-22(24)28-21;1-2(3)4/h1-10H,11-12H2,(H2,23,30)(H3,24,26,27,28);1H3,(H,3,4). The maximum absolute atomic E-state index is 11.3. The zero-order chi connectivity index (χ0) is 24.2. The third-order valence-electron chi connectivity index (χ3n) is 5.12. The molecule has 10 heteroatoms. The van der Waals surface area contributed by atoms with Crippen LogP contribution in [0.15, 0.2) is 59.9 Å². The van der Waals surface area contributed by atoms with Crippen molar-refractivity contribution in [2.24, 2.45) is 10.7 Å². The lowest BCUT2D eigenvalue weighted by Gasteiger charge is -2.13. The maximum atomic E-state index is 11.3. The molecule has 0 bridgehead atoms. The number of carbonyl (C=O) groups excluding carboxylic acids is 1. The van der Waals surface area contributed by atoms with Crippen molar-refractivity contribution in [3.05, 3.63) is 66.0 Å². The fourth-order valence-corrected chi connectivity index (χ4v) is 3.82. The van der Waals surface area contributed by atoms with E-state index in [2.05, 4.69) is 44.5 Å².